The van der Waals surface area contributed by atoms with Crippen LogP contribution in [0.15, 0.2) is 35.3 Å². The van der Waals surface area contributed by atoms with E-state index >= 15 is 0 Å². The fourth-order valence-electron chi connectivity index (χ4n) is 2.63. The number of rotatable bonds is 2. The summed E-state index contributed by atoms with van der Waals surface area (Å²) in [4.78, 5) is 22.5. The molecule has 0 atom stereocenters. The van der Waals surface area contributed by atoms with E-state index in [-0.39, 0.29) is 11.7 Å². The molecule has 0 fully saturated rings. The quantitative estimate of drug-likeness (QED) is 0.703. The number of carbonyl (C=O) groups excluding carboxylic acids is 1. The van der Waals surface area contributed by atoms with Crippen molar-refractivity contribution in [2.75, 3.05) is 6.54 Å². The SMILES string of the molecule is Cn1cnc(C(=O)N2CCn3c(-c4ccco4)cnc3C2)n1. The molecule has 0 saturated carbocycles. The summed E-state index contributed by atoms with van der Waals surface area (Å²) in [6.45, 7) is 1.70. The Morgan fingerprint density at radius 3 is 2.95 bits per heavy atom. The van der Waals surface area contributed by atoms with Gasteiger partial charge in [0.05, 0.1) is 19.0 Å². The molecule has 0 spiro atoms. The van der Waals surface area contributed by atoms with Crippen LogP contribution in [-0.4, -0.2) is 41.7 Å². The fourth-order valence-corrected chi connectivity index (χ4v) is 2.63. The fraction of sp³-hybridized carbons (Fsp3) is 0.286. The second-order valence-electron chi connectivity index (χ2n) is 5.16. The van der Waals surface area contributed by atoms with Gasteiger partial charge < -0.3 is 13.9 Å². The molecule has 8 nitrogen and oxygen atoms in total. The highest BCUT2D eigenvalue weighted by Gasteiger charge is 2.27. The maximum Gasteiger partial charge on any atom is 0.293 e. The molecule has 4 heterocycles. The van der Waals surface area contributed by atoms with Gasteiger partial charge in [-0.2, -0.15) is 0 Å². The standard InChI is InChI=1S/C14H14N6O2/c1-18-9-16-13(17-18)14(21)19-4-5-20-10(7-15-12(20)8-19)11-3-2-6-22-11/h2-3,6-7,9H,4-5,8H2,1H3. The Labute approximate surface area is 126 Å². The summed E-state index contributed by atoms with van der Waals surface area (Å²) >= 11 is 0. The minimum atomic E-state index is -0.172. The molecule has 1 aliphatic heterocycles. The Bertz CT molecular complexity index is 816. The summed E-state index contributed by atoms with van der Waals surface area (Å²) < 4.78 is 9.03. The van der Waals surface area contributed by atoms with Crippen molar-refractivity contribution in [3.63, 3.8) is 0 Å². The van der Waals surface area contributed by atoms with E-state index in [1.807, 2.05) is 12.1 Å². The van der Waals surface area contributed by atoms with Crippen molar-refractivity contribution in [3.05, 3.63) is 42.6 Å². The van der Waals surface area contributed by atoms with Gasteiger partial charge in [-0.1, -0.05) is 0 Å². The lowest BCUT2D eigenvalue weighted by atomic mass is 10.3. The summed E-state index contributed by atoms with van der Waals surface area (Å²) in [5.74, 6) is 1.66. The molecule has 0 unspecified atom stereocenters. The summed E-state index contributed by atoms with van der Waals surface area (Å²) in [7, 11) is 1.74. The molecule has 0 bridgehead atoms. The van der Waals surface area contributed by atoms with Crippen LogP contribution in [0.1, 0.15) is 16.4 Å². The van der Waals surface area contributed by atoms with E-state index in [2.05, 4.69) is 19.6 Å². The molecule has 3 aromatic heterocycles. The Morgan fingerprint density at radius 1 is 1.32 bits per heavy atom. The van der Waals surface area contributed by atoms with Crippen LogP contribution >= 0.6 is 0 Å². The number of amides is 1. The van der Waals surface area contributed by atoms with Gasteiger partial charge in [0.25, 0.3) is 5.91 Å². The third-order valence-electron chi connectivity index (χ3n) is 3.72. The first-order valence-electron chi connectivity index (χ1n) is 6.95. The molecule has 112 valence electrons. The maximum atomic E-state index is 12.4. The highest BCUT2D eigenvalue weighted by Crippen LogP contribution is 2.24. The van der Waals surface area contributed by atoms with Crippen LogP contribution in [0.3, 0.4) is 0 Å². The zero-order valence-electron chi connectivity index (χ0n) is 12.0. The number of aryl methyl sites for hydroxylation is 1. The monoisotopic (exact) mass is 298 g/mol. The summed E-state index contributed by atoms with van der Waals surface area (Å²) in [6, 6.07) is 3.75. The Morgan fingerprint density at radius 2 is 2.23 bits per heavy atom. The van der Waals surface area contributed by atoms with E-state index in [9.17, 15) is 4.79 Å². The van der Waals surface area contributed by atoms with Crippen molar-refractivity contribution in [2.24, 2.45) is 7.05 Å². The second-order valence-corrected chi connectivity index (χ2v) is 5.16. The minimum absolute atomic E-state index is 0.172. The minimum Gasteiger partial charge on any atom is -0.463 e. The van der Waals surface area contributed by atoms with Gasteiger partial charge in [0.2, 0.25) is 5.82 Å². The van der Waals surface area contributed by atoms with Crippen molar-refractivity contribution < 1.29 is 9.21 Å². The maximum absolute atomic E-state index is 12.4. The molecule has 22 heavy (non-hydrogen) atoms. The first-order valence-corrected chi connectivity index (χ1v) is 6.95. The van der Waals surface area contributed by atoms with E-state index < -0.39 is 0 Å². The van der Waals surface area contributed by atoms with Gasteiger partial charge in [-0.3, -0.25) is 9.48 Å². The smallest absolute Gasteiger partial charge is 0.293 e. The van der Waals surface area contributed by atoms with Crippen LogP contribution in [0.5, 0.6) is 0 Å². The molecule has 0 saturated heterocycles. The van der Waals surface area contributed by atoms with E-state index in [0.29, 0.717) is 19.6 Å². The molecule has 4 rings (SSSR count). The van der Waals surface area contributed by atoms with Crippen molar-refractivity contribution in [1.82, 2.24) is 29.2 Å². The first-order chi connectivity index (χ1) is 10.7. The van der Waals surface area contributed by atoms with Crippen LogP contribution in [0, 0.1) is 0 Å². The molecule has 8 heteroatoms. The number of nitrogens with zero attached hydrogens (tertiary/aromatic N) is 6. The Hall–Kier alpha value is -2.90. The Balaban J connectivity index is 1.59. The van der Waals surface area contributed by atoms with Gasteiger partial charge in [0.15, 0.2) is 5.76 Å². The number of fused-ring (bicyclic) bond motifs is 1. The molecule has 0 radical (unpaired) electrons. The van der Waals surface area contributed by atoms with Crippen LogP contribution in [-0.2, 0) is 20.1 Å². The largest absolute Gasteiger partial charge is 0.463 e. The molecule has 1 amide bonds. The lowest BCUT2D eigenvalue weighted by Gasteiger charge is -2.27. The van der Waals surface area contributed by atoms with Crippen LogP contribution < -0.4 is 0 Å². The predicted octanol–water partition coefficient (Wildman–Crippen LogP) is 0.928. The number of aromatic nitrogens is 5. The predicted molar refractivity (Wildman–Crippen MR) is 75.7 cm³/mol. The van der Waals surface area contributed by atoms with E-state index in [1.54, 1.807) is 24.4 Å². The third kappa shape index (κ3) is 2.00. The molecular formula is C14H14N6O2. The van der Waals surface area contributed by atoms with Crippen LogP contribution in [0.25, 0.3) is 11.5 Å². The first kappa shape index (κ1) is 12.8. The number of hydrogen-bond acceptors (Lipinski definition) is 5. The van der Waals surface area contributed by atoms with Gasteiger partial charge in [-0.05, 0) is 12.1 Å². The summed E-state index contributed by atoms with van der Waals surface area (Å²) in [5, 5.41) is 4.06. The lowest BCUT2D eigenvalue weighted by molar-refractivity contribution is 0.0695. The highest BCUT2D eigenvalue weighted by atomic mass is 16.3. The average Bonchev–Trinajstić information content (AvgIpc) is 3.25. The number of imidazole rings is 1. The topological polar surface area (TPSA) is 82.0 Å². The zero-order chi connectivity index (χ0) is 15.1. The van der Waals surface area contributed by atoms with E-state index in [4.69, 9.17) is 4.42 Å². The van der Waals surface area contributed by atoms with Crippen molar-refractivity contribution >= 4 is 5.91 Å². The van der Waals surface area contributed by atoms with Gasteiger partial charge in [0, 0.05) is 20.1 Å². The van der Waals surface area contributed by atoms with E-state index in [1.165, 1.54) is 11.0 Å². The third-order valence-corrected chi connectivity index (χ3v) is 3.72. The van der Waals surface area contributed by atoms with Crippen molar-refractivity contribution in [2.45, 2.75) is 13.1 Å². The highest BCUT2D eigenvalue weighted by molar-refractivity contribution is 5.90. The van der Waals surface area contributed by atoms with Crippen molar-refractivity contribution in [3.8, 4) is 11.5 Å². The number of hydrogen-bond donors (Lipinski definition) is 0. The molecule has 3 aromatic rings. The van der Waals surface area contributed by atoms with Crippen LogP contribution in [0.2, 0.25) is 0 Å². The molecule has 0 aliphatic carbocycles. The van der Waals surface area contributed by atoms with Crippen LogP contribution in [0.4, 0.5) is 0 Å². The molecule has 0 N–H and O–H groups in total. The number of furan rings is 1. The Kier molecular flexibility index (Phi) is 2.81. The average molecular weight is 298 g/mol. The molecule has 1 aliphatic rings. The number of carbonyl (C=O) groups is 1. The van der Waals surface area contributed by atoms with Gasteiger partial charge >= 0.3 is 0 Å². The van der Waals surface area contributed by atoms with Gasteiger partial charge in [-0.15, -0.1) is 5.10 Å². The lowest BCUT2D eigenvalue weighted by Crippen LogP contribution is -2.39. The molecular weight excluding hydrogens is 284 g/mol. The molecule has 0 aromatic carbocycles. The summed E-state index contributed by atoms with van der Waals surface area (Å²) in [6.07, 6.45) is 4.94. The summed E-state index contributed by atoms with van der Waals surface area (Å²) in [5.41, 5.74) is 0.933. The second kappa shape index (κ2) is 4.83. The van der Waals surface area contributed by atoms with E-state index in [0.717, 1.165) is 17.3 Å². The van der Waals surface area contributed by atoms with Crippen molar-refractivity contribution in [1.29, 1.82) is 0 Å². The normalized spacial score (nSPS) is 14.1. The zero-order valence-corrected chi connectivity index (χ0v) is 12.0. The van der Waals surface area contributed by atoms with Gasteiger partial charge in [-0.25, -0.2) is 9.97 Å². The van der Waals surface area contributed by atoms with Gasteiger partial charge in [0.1, 0.15) is 17.8 Å².